The summed E-state index contributed by atoms with van der Waals surface area (Å²) in [6.07, 6.45) is -3.00. The number of hydrogen-bond acceptors (Lipinski definition) is 9. The molecule has 2 aliphatic rings. The van der Waals surface area contributed by atoms with Gasteiger partial charge in [0.1, 0.15) is 12.7 Å². The summed E-state index contributed by atoms with van der Waals surface area (Å²) < 4.78 is 25.6. The first-order valence-electron chi connectivity index (χ1n) is 6.83. The lowest BCUT2D eigenvalue weighted by molar-refractivity contribution is -0.248. The zero-order valence-corrected chi connectivity index (χ0v) is 12.8. The van der Waals surface area contributed by atoms with Gasteiger partial charge >= 0.3 is 23.9 Å². The molecule has 0 aromatic carbocycles. The third-order valence-electron chi connectivity index (χ3n) is 3.10. The van der Waals surface area contributed by atoms with Crippen molar-refractivity contribution < 1.29 is 42.9 Å². The van der Waals surface area contributed by atoms with Crippen LogP contribution in [-0.4, -0.2) is 55.1 Å². The van der Waals surface area contributed by atoms with Crippen LogP contribution in [0.25, 0.3) is 0 Å². The summed E-state index contributed by atoms with van der Waals surface area (Å²) in [6.45, 7) is 3.32. The van der Waals surface area contributed by atoms with E-state index >= 15 is 0 Å². The Morgan fingerprint density at radius 1 is 1.09 bits per heavy atom. The van der Waals surface area contributed by atoms with E-state index in [1.54, 1.807) is 0 Å². The maximum atomic E-state index is 11.5. The van der Waals surface area contributed by atoms with Gasteiger partial charge in [0.05, 0.1) is 0 Å². The maximum Gasteiger partial charge on any atom is 0.331 e. The highest BCUT2D eigenvalue weighted by atomic mass is 16.7. The Bertz CT molecular complexity index is 565. The van der Waals surface area contributed by atoms with Crippen LogP contribution in [0, 0.1) is 0 Å². The van der Waals surface area contributed by atoms with Gasteiger partial charge in [-0.15, -0.1) is 0 Å². The highest BCUT2D eigenvalue weighted by molar-refractivity contribution is 5.86. The van der Waals surface area contributed by atoms with Gasteiger partial charge in [0.2, 0.25) is 6.29 Å². The molecule has 1 fully saturated rings. The van der Waals surface area contributed by atoms with Crippen molar-refractivity contribution >= 4 is 23.9 Å². The first-order chi connectivity index (χ1) is 10.8. The Hall–Kier alpha value is -2.42. The molecular formula is C14H16O9. The van der Waals surface area contributed by atoms with Crippen molar-refractivity contribution in [1.82, 2.24) is 0 Å². The van der Waals surface area contributed by atoms with Crippen LogP contribution in [0.15, 0.2) is 11.6 Å². The van der Waals surface area contributed by atoms with Crippen molar-refractivity contribution in [3.8, 4) is 0 Å². The Labute approximate surface area is 131 Å². The van der Waals surface area contributed by atoms with Gasteiger partial charge in [-0.3, -0.25) is 14.4 Å². The number of carbonyl (C=O) groups is 4. The first kappa shape index (κ1) is 16.9. The molecule has 0 aromatic heterocycles. The highest BCUT2D eigenvalue weighted by Gasteiger charge is 2.50. The fourth-order valence-corrected chi connectivity index (χ4v) is 2.33. The van der Waals surface area contributed by atoms with Crippen molar-refractivity contribution in [2.75, 3.05) is 6.61 Å². The zero-order chi connectivity index (χ0) is 17.1. The van der Waals surface area contributed by atoms with E-state index in [1.165, 1.54) is 20.8 Å². The maximum absolute atomic E-state index is 11.5. The van der Waals surface area contributed by atoms with Gasteiger partial charge in [-0.1, -0.05) is 0 Å². The van der Waals surface area contributed by atoms with Crippen LogP contribution < -0.4 is 0 Å². The smallest absolute Gasteiger partial charge is 0.331 e. The quantitative estimate of drug-likeness (QED) is 0.503. The first-order valence-corrected chi connectivity index (χ1v) is 6.83. The third-order valence-corrected chi connectivity index (χ3v) is 3.10. The second-order valence-electron chi connectivity index (χ2n) is 4.99. The number of ether oxygens (including phenoxy) is 5. The fourth-order valence-electron chi connectivity index (χ4n) is 2.33. The van der Waals surface area contributed by atoms with Gasteiger partial charge in [0.15, 0.2) is 12.2 Å². The summed E-state index contributed by atoms with van der Waals surface area (Å²) >= 11 is 0. The summed E-state index contributed by atoms with van der Waals surface area (Å²) in [7, 11) is 0. The largest absolute Gasteiger partial charge is 0.463 e. The lowest BCUT2D eigenvalue weighted by Gasteiger charge is -2.38. The van der Waals surface area contributed by atoms with E-state index in [0.717, 1.165) is 6.08 Å². The molecule has 9 heteroatoms. The molecule has 0 N–H and O–H groups in total. The molecule has 23 heavy (non-hydrogen) atoms. The number of carbonyl (C=O) groups excluding carboxylic acids is 4. The molecule has 1 saturated heterocycles. The molecule has 1 unspecified atom stereocenters. The summed E-state index contributed by atoms with van der Waals surface area (Å²) in [5.41, 5.74) is 0.292. The molecule has 0 aliphatic carbocycles. The monoisotopic (exact) mass is 328 g/mol. The molecule has 2 rings (SSSR count). The van der Waals surface area contributed by atoms with Crippen LogP contribution in [0.2, 0.25) is 0 Å². The van der Waals surface area contributed by atoms with Gasteiger partial charge in [-0.05, 0) is 0 Å². The molecule has 126 valence electrons. The summed E-state index contributed by atoms with van der Waals surface area (Å²) in [5.74, 6) is -2.49. The van der Waals surface area contributed by atoms with Crippen LogP contribution in [0.4, 0.5) is 0 Å². The van der Waals surface area contributed by atoms with Crippen LogP contribution in [-0.2, 0) is 42.9 Å². The Kier molecular flexibility index (Phi) is 4.99. The number of esters is 4. The molecule has 2 aliphatic heterocycles. The van der Waals surface area contributed by atoms with Crippen molar-refractivity contribution in [3.63, 3.8) is 0 Å². The Morgan fingerprint density at radius 2 is 1.74 bits per heavy atom. The van der Waals surface area contributed by atoms with E-state index < -0.39 is 48.5 Å². The number of rotatable bonds is 4. The Morgan fingerprint density at radius 3 is 2.30 bits per heavy atom. The minimum Gasteiger partial charge on any atom is -0.463 e. The van der Waals surface area contributed by atoms with Crippen LogP contribution in [0.5, 0.6) is 0 Å². The molecule has 4 atom stereocenters. The van der Waals surface area contributed by atoms with Crippen molar-refractivity contribution in [2.45, 2.75) is 45.4 Å². The zero-order valence-electron chi connectivity index (χ0n) is 12.8. The van der Waals surface area contributed by atoms with Crippen LogP contribution in [0.3, 0.4) is 0 Å². The van der Waals surface area contributed by atoms with E-state index in [-0.39, 0.29) is 6.61 Å². The second kappa shape index (κ2) is 6.78. The second-order valence-corrected chi connectivity index (χ2v) is 4.99. The molecule has 0 bridgehead atoms. The molecule has 0 aromatic rings. The molecule has 0 amide bonds. The van der Waals surface area contributed by atoms with Gasteiger partial charge in [-0.25, -0.2) is 4.79 Å². The van der Waals surface area contributed by atoms with Gasteiger partial charge < -0.3 is 23.7 Å². The highest BCUT2D eigenvalue weighted by Crippen LogP contribution is 2.34. The third kappa shape index (κ3) is 4.07. The molecule has 0 spiro atoms. The van der Waals surface area contributed by atoms with Gasteiger partial charge in [0.25, 0.3) is 0 Å². The fraction of sp³-hybridized carbons (Fsp3) is 0.571. The predicted octanol–water partition coefficient (Wildman–Crippen LogP) is -0.379. The minimum atomic E-state index is -1.21. The van der Waals surface area contributed by atoms with E-state index in [1.807, 2.05) is 0 Å². The van der Waals surface area contributed by atoms with Gasteiger partial charge in [0, 0.05) is 32.4 Å². The van der Waals surface area contributed by atoms with Crippen molar-refractivity contribution in [3.05, 3.63) is 11.6 Å². The van der Waals surface area contributed by atoms with Gasteiger partial charge in [-0.2, -0.15) is 0 Å². The minimum absolute atomic E-state index is 0.247. The number of fused-ring (bicyclic) bond motifs is 1. The molecule has 9 nitrogen and oxygen atoms in total. The van der Waals surface area contributed by atoms with Crippen LogP contribution >= 0.6 is 0 Å². The molecular weight excluding hydrogens is 312 g/mol. The molecule has 0 saturated carbocycles. The normalized spacial score (nSPS) is 29.0. The average Bonchev–Trinajstić information content (AvgIpc) is 2.80. The molecule has 0 radical (unpaired) electrons. The van der Waals surface area contributed by atoms with E-state index in [2.05, 4.69) is 0 Å². The van der Waals surface area contributed by atoms with Crippen LogP contribution in [0.1, 0.15) is 20.8 Å². The summed E-state index contributed by atoms with van der Waals surface area (Å²) in [5, 5.41) is 0. The standard InChI is InChI=1S/C14H16O9/c1-6(15)19-5-10-12(20-7(2)16)9-4-11(18)23-13(9)14(22-10)21-8(3)17/h4,10,12-14H,5H2,1-3H3/t10-,12+,13-,14?/m1/s1. The van der Waals surface area contributed by atoms with E-state index in [9.17, 15) is 19.2 Å². The average molecular weight is 328 g/mol. The topological polar surface area (TPSA) is 114 Å². The lowest BCUT2D eigenvalue weighted by Crippen LogP contribution is -2.53. The summed E-state index contributed by atoms with van der Waals surface area (Å²) in [6, 6.07) is 0. The SMILES string of the molecule is CC(=O)OC[C@H]1OC(OC(C)=O)[C@@H]2OC(=O)C=C2[C@@H]1OC(C)=O. The predicted molar refractivity (Wildman–Crippen MR) is 70.6 cm³/mol. The van der Waals surface area contributed by atoms with E-state index in [0.29, 0.717) is 5.57 Å². The lowest BCUT2D eigenvalue weighted by atomic mass is 9.96. The number of hydrogen-bond donors (Lipinski definition) is 0. The Balaban J connectivity index is 2.27. The van der Waals surface area contributed by atoms with Crippen molar-refractivity contribution in [2.24, 2.45) is 0 Å². The summed E-state index contributed by atoms with van der Waals surface area (Å²) in [4.78, 5) is 45.0. The molecule has 2 heterocycles. The van der Waals surface area contributed by atoms with Crippen molar-refractivity contribution in [1.29, 1.82) is 0 Å². The van der Waals surface area contributed by atoms with E-state index in [4.69, 9.17) is 23.7 Å².